The number of aromatic nitrogens is 4. The Morgan fingerprint density at radius 3 is 2.13 bits per heavy atom. The summed E-state index contributed by atoms with van der Waals surface area (Å²) in [5, 5.41) is 3.45. The van der Waals surface area contributed by atoms with Gasteiger partial charge in [0.25, 0.3) is 0 Å². The molecular weight excluding hydrogens is 386 g/mol. The minimum Gasteiger partial charge on any atom is -0.424 e. The second-order valence-electron chi connectivity index (χ2n) is 7.53. The van der Waals surface area contributed by atoms with Crippen molar-refractivity contribution in [3.05, 3.63) is 94.7 Å². The van der Waals surface area contributed by atoms with Crippen LogP contribution >= 0.6 is 0 Å². The molecule has 156 valence electrons. The van der Waals surface area contributed by atoms with Gasteiger partial charge in [-0.15, -0.1) is 0 Å². The largest absolute Gasteiger partial charge is 0.424 e. The SMILES string of the molecule is Cc1cc(C)nc(Oc2ccc(Nc3nc(C)nc(C)c3Cc3ccccc3)cc2)n1. The van der Waals surface area contributed by atoms with Crippen LogP contribution in [0, 0.1) is 27.7 Å². The number of anilines is 2. The lowest BCUT2D eigenvalue weighted by Crippen LogP contribution is -2.06. The second-order valence-corrected chi connectivity index (χ2v) is 7.53. The minimum absolute atomic E-state index is 0.352. The molecule has 31 heavy (non-hydrogen) atoms. The Morgan fingerprint density at radius 1 is 0.774 bits per heavy atom. The number of hydrogen-bond donors (Lipinski definition) is 1. The number of aryl methyl sites for hydroxylation is 4. The van der Waals surface area contributed by atoms with Crippen molar-refractivity contribution in [1.29, 1.82) is 0 Å². The first-order valence-corrected chi connectivity index (χ1v) is 10.2. The van der Waals surface area contributed by atoms with Gasteiger partial charge in [0.2, 0.25) is 0 Å². The van der Waals surface area contributed by atoms with Gasteiger partial charge in [0, 0.05) is 34.8 Å². The van der Waals surface area contributed by atoms with E-state index in [2.05, 4.69) is 37.4 Å². The highest BCUT2D eigenvalue weighted by molar-refractivity contribution is 5.61. The van der Waals surface area contributed by atoms with E-state index in [0.29, 0.717) is 11.8 Å². The van der Waals surface area contributed by atoms with E-state index < -0.39 is 0 Å². The fourth-order valence-electron chi connectivity index (χ4n) is 3.44. The van der Waals surface area contributed by atoms with E-state index in [0.717, 1.165) is 46.4 Å². The third kappa shape index (κ3) is 5.22. The molecular formula is C25H25N5O. The summed E-state index contributed by atoms with van der Waals surface area (Å²) in [7, 11) is 0. The number of hydrogen-bond acceptors (Lipinski definition) is 6. The third-order valence-electron chi connectivity index (χ3n) is 4.84. The summed E-state index contributed by atoms with van der Waals surface area (Å²) in [6.07, 6.45) is 0.764. The maximum Gasteiger partial charge on any atom is 0.322 e. The third-order valence-corrected chi connectivity index (χ3v) is 4.84. The van der Waals surface area contributed by atoms with Crippen LogP contribution in [0.25, 0.3) is 0 Å². The minimum atomic E-state index is 0.352. The van der Waals surface area contributed by atoms with Crippen molar-refractivity contribution in [2.24, 2.45) is 0 Å². The first kappa shape index (κ1) is 20.5. The number of nitrogens with one attached hydrogen (secondary N) is 1. The van der Waals surface area contributed by atoms with Gasteiger partial charge >= 0.3 is 6.01 Å². The van der Waals surface area contributed by atoms with E-state index in [-0.39, 0.29) is 0 Å². The lowest BCUT2D eigenvalue weighted by atomic mass is 10.0. The zero-order valence-electron chi connectivity index (χ0n) is 18.2. The molecule has 4 rings (SSSR count). The molecule has 6 heteroatoms. The van der Waals surface area contributed by atoms with Crippen molar-refractivity contribution < 1.29 is 4.74 Å². The maximum absolute atomic E-state index is 5.81. The molecule has 0 aliphatic carbocycles. The Kier molecular flexibility index (Phi) is 5.89. The summed E-state index contributed by atoms with van der Waals surface area (Å²) in [5.41, 5.74) is 5.95. The van der Waals surface area contributed by atoms with E-state index in [1.54, 1.807) is 0 Å². The Bertz CT molecular complexity index is 1170. The lowest BCUT2D eigenvalue weighted by molar-refractivity contribution is 0.439. The molecule has 0 spiro atoms. The molecule has 0 fully saturated rings. The molecule has 2 heterocycles. The van der Waals surface area contributed by atoms with Crippen molar-refractivity contribution in [1.82, 2.24) is 19.9 Å². The van der Waals surface area contributed by atoms with Gasteiger partial charge in [0.05, 0.1) is 0 Å². The second kappa shape index (κ2) is 8.92. The molecule has 4 aromatic rings. The van der Waals surface area contributed by atoms with Gasteiger partial charge in [0.15, 0.2) is 0 Å². The van der Waals surface area contributed by atoms with Gasteiger partial charge in [-0.05, 0) is 63.6 Å². The molecule has 0 saturated heterocycles. The molecule has 0 atom stereocenters. The Hall–Kier alpha value is -3.80. The van der Waals surface area contributed by atoms with Crippen LogP contribution in [0.4, 0.5) is 11.5 Å². The molecule has 0 radical (unpaired) electrons. The summed E-state index contributed by atoms with van der Waals surface area (Å²) >= 11 is 0. The van der Waals surface area contributed by atoms with Crippen molar-refractivity contribution in [3.8, 4) is 11.8 Å². The average molecular weight is 412 g/mol. The number of nitrogens with zero attached hydrogens (tertiary/aromatic N) is 4. The van der Waals surface area contributed by atoms with Crippen LogP contribution < -0.4 is 10.1 Å². The fraction of sp³-hybridized carbons (Fsp3) is 0.200. The quantitative estimate of drug-likeness (QED) is 0.443. The Balaban J connectivity index is 1.55. The smallest absolute Gasteiger partial charge is 0.322 e. The predicted molar refractivity (Wildman–Crippen MR) is 122 cm³/mol. The first-order valence-electron chi connectivity index (χ1n) is 10.2. The zero-order valence-corrected chi connectivity index (χ0v) is 18.2. The molecule has 0 amide bonds. The maximum atomic E-state index is 5.81. The number of benzene rings is 2. The highest BCUT2D eigenvalue weighted by atomic mass is 16.5. The molecule has 0 saturated carbocycles. The van der Waals surface area contributed by atoms with E-state index >= 15 is 0 Å². The zero-order chi connectivity index (χ0) is 21.8. The summed E-state index contributed by atoms with van der Waals surface area (Å²) in [6.45, 7) is 7.78. The van der Waals surface area contributed by atoms with Gasteiger partial charge in [-0.1, -0.05) is 30.3 Å². The van der Waals surface area contributed by atoms with Crippen LogP contribution in [0.1, 0.15) is 34.0 Å². The molecule has 0 aliphatic rings. The fourth-order valence-corrected chi connectivity index (χ4v) is 3.44. The molecule has 1 N–H and O–H groups in total. The van der Waals surface area contributed by atoms with E-state index in [4.69, 9.17) is 4.74 Å². The predicted octanol–water partition coefficient (Wildman–Crippen LogP) is 5.63. The van der Waals surface area contributed by atoms with Crippen LogP contribution in [0.3, 0.4) is 0 Å². The normalized spacial score (nSPS) is 10.7. The van der Waals surface area contributed by atoms with Gasteiger partial charge in [-0.25, -0.2) is 19.9 Å². The van der Waals surface area contributed by atoms with Crippen LogP contribution in [0.2, 0.25) is 0 Å². The molecule has 0 unspecified atom stereocenters. The summed E-state index contributed by atoms with van der Waals surface area (Å²) in [6, 6.07) is 20.3. The van der Waals surface area contributed by atoms with Gasteiger partial charge in [0.1, 0.15) is 17.4 Å². The Labute approximate surface area is 182 Å². The number of ether oxygens (including phenoxy) is 1. The monoisotopic (exact) mass is 411 g/mol. The van der Waals surface area contributed by atoms with Gasteiger partial charge in [-0.3, -0.25) is 0 Å². The lowest BCUT2D eigenvalue weighted by Gasteiger charge is -2.15. The van der Waals surface area contributed by atoms with E-state index in [1.807, 2.05) is 76.2 Å². The summed E-state index contributed by atoms with van der Waals surface area (Å²) in [4.78, 5) is 17.9. The molecule has 2 aromatic carbocycles. The first-order chi connectivity index (χ1) is 15.0. The topological polar surface area (TPSA) is 72.8 Å². The molecule has 2 aromatic heterocycles. The van der Waals surface area contributed by atoms with Crippen LogP contribution in [-0.2, 0) is 6.42 Å². The molecule has 0 aliphatic heterocycles. The molecule has 6 nitrogen and oxygen atoms in total. The van der Waals surface area contributed by atoms with E-state index in [1.165, 1.54) is 5.56 Å². The van der Waals surface area contributed by atoms with Crippen molar-refractivity contribution in [3.63, 3.8) is 0 Å². The summed E-state index contributed by atoms with van der Waals surface area (Å²) in [5.74, 6) is 2.24. The van der Waals surface area contributed by atoms with Crippen LogP contribution in [0.5, 0.6) is 11.8 Å². The van der Waals surface area contributed by atoms with Gasteiger partial charge in [-0.2, -0.15) is 0 Å². The van der Waals surface area contributed by atoms with Crippen molar-refractivity contribution in [2.45, 2.75) is 34.1 Å². The van der Waals surface area contributed by atoms with Crippen molar-refractivity contribution in [2.75, 3.05) is 5.32 Å². The van der Waals surface area contributed by atoms with Gasteiger partial charge < -0.3 is 10.1 Å². The standard InChI is InChI=1S/C25H25N5O/c1-16-14-17(2)27-25(26-16)31-22-12-10-21(11-13-22)30-24-23(18(3)28-19(4)29-24)15-20-8-6-5-7-9-20/h5-14H,15H2,1-4H3,(H,28,29,30). The highest BCUT2D eigenvalue weighted by Gasteiger charge is 2.12. The van der Waals surface area contributed by atoms with Crippen LogP contribution in [0.15, 0.2) is 60.7 Å². The average Bonchev–Trinajstić information content (AvgIpc) is 2.72. The highest BCUT2D eigenvalue weighted by Crippen LogP contribution is 2.26. The van der Waals surface area contributed by atoms with E-state index in [9.17, 15) is 0 Å². The van der Waals surface area contributed by atoms with Crippen LogP contribution in [-0.4, -0.2) is 19.9 Å². The Morgan fingerprint density at radius 2 is 1.45 bits per heavy atom. The summed E-state index contributed by atoms with van der Waals surface area (Å²) < 4.78 is 5.81. The number of rotatable bonds is 6. The molecule has 0 bridgehead atoms. The van der Waals surface area contributed by atoms with Crippen molar-refractivity contribution >= 4 is 11.5 Å².